The van der Waals surface area contributed by atoms with Gasteiger partial charge in [-0.3, -0.25) is 19.3 Å². The smallest absolute Gasteiger partial charge is 0.251 e. The van der Waals surface area contributed by atoms with Crippen LogP contribution in [0.25, 0.3) is 28.1 Å². The molecule has 5 aromatic rings. The lowest BCUT2D eigenvalue weighted by Crippen LogP contribution is -2.27. The molecule has 1 N–H and O–H groups in total. The number of aromatic nitrogens is 7. The van der Waals surface area contributed by atoms with Crippen molar-refractivity contribution in [2.45, 2.75) is 45.7 Å². The second-order valence-electron chi connectivity index (χ2n) is 10.5. The predicted octanol–water partition coefficient (Wildman–Crippen LogP) is 6.17. The first kappa shape index (κ1) is 28.8. The van der Waals surface area contributed by atoms with Crippen LogP contribution in [0.1, 0.15) is 44.8 Å². The van der Waals surface area contributed by atoms with E-state index in [-0.39, 0.29) is 22.5 Å². The molecule has 2 bridgehead atoms. The lowest BCUT2D eigenvalue weighted by atomic mass is 9.96. The Hall–Kier alpha value is -4.35. The molecule has 0 fully saturated rings. The molecule has 1 amide bonds. The second kappa shape index (κ2) is 11.7. The monoisotopic (exact) mass is 620 g/mol. The number of rotatable bonds is 4. The van der Waals surface area contributed by atoms with Gasteiger partial charge in [0.15, 0.2) is 5.15 Å². The zero-order valence-electron chi connectivity index (χ0n) is 23.3. The molecule has 10 nitrogen and oxygen atoms in total. The number of carbonyl (C=O) groups is 1. The summed E-state index contributed by atoms with van der Waals surface area (Å²) in [6.45, 7) is 4.41. The predicted molar refractivity (Wildman–Crippen MR) is 162 cm³/mol. The van der Waals surface area contributed by atoms with Gasteiger partial charge in [-0.2, -0.15) is 5.10 Å². The van der Waals surface area contributed by atoms with Gasteiger partial charge in [0.2, 0.25) is 5.91 Å². The van der Waals surface area contributed by atoms with E-state index < -0.39 is 17.4 Å². The average Bonchev–Trinajstić information content (AvgIpc) is 3.61. The van der Waals surface area contributed by atoms with E-state index in [1.165, 1.54) is 27.7 Å². The lowest BCUT2D eigenvalue weighted by Gasteiger charge is -2.23. The minimum atomic E-state index is -0.629. The number of pyridine rings is 2. The molecular formula is C30H27Cl2FN8O2. The summed E-state index contributed by atoms with van der Waals surface area (Å²) >= 11 is 12.3. The number of anilines is 1. The van der Waals surface area contributed by atoms with Crippen LogP contribution in [0.2, 0.25) is 10.2 Å². The Labute approximate surface area is 256 Å². The maximum absolute atomic E-state index is 16.0. The average molecular weight is 622 g/mol. The van der Waals surface area contributed by atoms with Crippen molar-refractivity contribution in [2.75, 3.05) is 5.32 Å². The van der Waals surface area contributed by atoms with Crippen LogP contribution < -0.4 is 10.9 Å². The maximum atomic E-state index is 16.0. The van der Waals surface area contributed by atoms with Crippen LogP contribution in [0.5, 0.6) is 0 Å². The van der Waals surface area contributed by atoms with Gasteiger partial charge in [-0.15, -0.1) is 5.10 Å². The summed E-state index contributed by atoms with van der Waals surface area (Å²) in [6, 6.07) is 9.23. The molecule has 43 heavy (non-hydrogen) atoms. The minimum Gasteiger partial charge on any atom is -0.323 e. The lowest BCUT2D eigenvalue weighted by molar-refractivity contribution is -0.119. The van der Waals surface area contributed by atoms with Crippen molar-refractivity contribution < 1.29 is 9.18 Å². The molecule has 220 valence electrons. The number of carbonyl (C=O) groups excluding carboxylic acids is 1. The first-order valence-electron chi connectivity index (χ1n) is 13.9. The zero-order chi connectivity index (χ0) is 30.2. The third-order valence-electron chi connectivity index (χ3n) is 7.68. The number of amides is 1. The van der Waals surface area contributed by atoms with Crippen LogP contribution in [0.15, 0.2) is 66.0 Å². The highest BCUT2D eigenvalue weighted by atomic mass is 35.5. The molecule has 0 aliphatic carbocycles. The van der Waals surface area contributed by atoms with Crippen LogP contribution in [-0.2, 0) is 11.3 Å². The molecule has 2 atom stereocenters. The van der Waals surface area contributed by atoms with Gasteiger partial charge in [0, 0.05) is 52.6 Å². The van der Waals surface area contributed by atoms with E-state index >= 15 is 4.39 Å². The van der Waals surface area contributed by atoms with E-state index in [9.17, 15) is 9.59 Å². The molecule has 1 aliphatic rings. The Morgan fingerprint density at radius 1 is 1.07 bits per heavy atom. The van der Waals surface area contributed by atoms with Crippen molar-refractivity contribution in [2.24, 2.45) is 5.92 Å². The fraction of sp³-hybridized carbons (Fsp3) is 0.267. The SMILES string of the molecule is CCn1ncc2c1-c1ccnc(c1)C(n1cc(F)c(-c3cc(Cl)ccc3-n3cc(Cl)nn3)cc1=O)CCCC(C)C(=O)N2. The summed E-state index contributed by atoms with van der Waals surface area (Å²) in [7, 11) is 0. The molecule has 0 spiro atoms. The van der Waals surface area contributed by atoms with Crippen LogP contribution in [-0.4, -0.2) is 40.2 Å². The van der Waals surface area contributed by atoms with E-state index in [1.54, 1.807) is 35.3 Å². The number of aryl methyl sites for hydroxylation is 1. The number of halogens is 3. The van der Waals surface area contributed by atoms with Gasteiger partial charge < -0.3 is 9.88 Å². The zero-order valence-corrected chi connectivity index (χ0v) is 24.8. The number of nitrogens with zero attached hydrogens (tertiary/aromatic N) is 7. The summed E-state index contributed by atoms with van der Waals surface area (Å²) < 4.78 is 20.6. The van der Waals surface area contributed by atoms with Gasteiger partial charge in [0.05, 0.1) is 41.2 Å². The molecule has 0 saturated carbocycles. The fourth-order valence-electron chi connectivity index (χ4n) is 5.49. The highest BCUT2D eigenvalue weighted by molar-refractivity contribution is 6.31. The molecule has 6 rings (SSSR count). The van der Waals surface area contributed by atoms with Gasteiger partial charge >= 0.3 is 0 Å². The van der Waals surface area contributed by atoms with Gasteiger partial charge in [-0.1, -0.05) is 41.8 Å². The molecule has 13 heteroatoms. The maximum Gasteiger partial charge on any atom is 0.251 e. The summed E-state index contributed by atoms with van der Waals surface area (Å²) in [5.41, 5.74) is 3.16. The Bertz CT molecular complexity index is 1900. The minimum absolute atomic E-state index is 0.0574. The Balaban J connectivity index is 1.47. The van der Waals surface area contributed by atoms with E-state index in [2.05, 4.69) is 25.7 Å². The van der Waals surface area contributed by atoms with E-state index in [0.29, 0.717) is 53.5 Å². The van der Waals surface area contributed by atoms with Crippen molar-refractivity contribution in [3.05, 3.63) is 93.2 Å². The number of benzene rings is 1. The first-order valence-corrected chi connectivity index (χ1v) is 14.6. The van der Waals surface area contributed by atoms with Crippen LogP contribution in [0, 0.1) is 11.7 Å². The van der Waals surface area contributed by atoms with Crippen molar-refractivity contribution in [1.82, 2.24) is 34.3 Å². The molecule has 0 saturated heterocycles. The van der Waals surface area contributed by atoms with Crippen LogP contribution in [0.3, 0.4) is 0 Å². The van der Waals surface area contributed by atoms with Gasteiger partial charge in [0.1, 0.15) is 5.82 Å². The molecule has 0 radical (unpaired) electrons. The summed E-state index contributed by atoms with van der Waals surface area (Å²) in [5, 5.41) is 15.8. The van der Waals surface area contributed by atoms with Gasteiger partial charge in [-0.05, 0) is 50.1 Å². The largest absolute Gasteiger partial charge is 0.323 e. The fourth-order valence-corrected chi connectivity index (χ4v) is 5.79. The van der Waals surface area contributed by atoms with Crippen molar-refractivity contribution in [3.63, 3.8) is 0 Å². The first-order chi connectivity index (χ1) is 20.7. The van der Waals surface area contributed by atoms with E-state index in [0.717, 1.165) is 11.3 Å². The highest BCUT2D eigenvalue weighted by Gasteiger charge is 2.25. The van der Waals surface area contributed by atoms with Crippen LogP contribution in [0.4, 0.5) is 10.1 Å². The highest BCUT2D eigenvalue weighted by Crippen LogP contribution is 2.35. The normalized spacial score (nSPS) is 17.1. The van der Waals surface area contributed by atoms with Crippen molar-refractivity contribution >= 4 is 34.8 Å². The topological polar surface area (TPSA) is 113 Å². The third-order valence-corrected chi connectivity index (χ3v) is 8.09. The number of hydrogen-bond donors (Lipinski definition) is 1. The van der Waals surface area contributed by atoms with Crippen molar-refractivity contribution in [3.8, 4) is 28.1 Å². The van der Waals surface area contributed by atoms with E-state index in [4.69, 9.17) is 23.2 Å². The molecule has 5 heterocycles. The van der Waals surface area contributed by atoms with Crippen molar-refractivity contribution in [1.29, 1.82) is 0 Å². The molecule has 2 unspecified atom stereocenters. The Morgan fingerprint density at radius 3 is 2.67 bits per heavy atom. The molecule has 1 aliphatic heterocycles. The third kappa shape index (κ3) is 5.57. The second-order valence-corrected chi connectivity index (χ2v) is 11.3. The Kier molecular flexibility index (Phi) is 7.85. The van der Waals surface area contributed by atoms with Gasteiger partial charge in [-0.25, -0.2) is 9.07 Å². The molecular weight excluding hydrogens is 594 g/mol. The quantitative estimate of drug-likeness (QED) is 0.257. The van der Waals surface area contributed by atoms with E-state index in [1.807, 2.05) is 26.0 Å². The Morgan fingerprint density at radius 2 is 1.91 bits per heavy atom. The number of fused-ring (bicyclic) bond motifs is 4. The summed E-state index contributed by atoms with van der Waals surface area (Å²) in [6.07, 6.45) is 7.62. The van der Waals surface area contributed by atoms with Crippen LogP contribution >= 0.6 is 23.2 Å². The molecule has 1 aromatic carbocycles. The summed E-state index contributed by atoms with van der Waals surface area (Å²) in [5.74, 6) is -1.02. The molecule has 4 aromatic heterocycles. The number of nitrogens with one attached hydrogen (secondary N) is 1. The summed E-state index contributed by atoms with van der Waals surface area (Å²) in [4.78, 5) is 31.4. The van der Waals surface area contributed by atoms with Gasteiger partial charge in [0.25, 0.3) is 5.56 Å². The standard InChI is InChI=1S/C30H27Cl2FN8O2/c1-3-40-29-18-9-10-34-23(11-18)26(6-4-5-17(2)30(43)36-24(29)14-35-40)39-15-22(33)20(13-28(39)42)21-12-19(31)7-8-25(21)41-16-27(32)37-38-41/h7-17,26H,3-6H2,1-2H3,(H,36,43). The number of hydrogen-bond acceptors (Lipinski definition) is 6.